The summed E-state index contributed by atoms with van der Waals surface area (Å²) in [7, 11) is 0. The van der Waals surface area contributed by atoms with Crippen LogP contribution >= 0.6 is 0 Å². The number of nitrogens with one attached hydrogen (secondary N) is 3. The Bertz CT molecular complexity index is 838. The second kappa shape index (κ2) is 6.50. The van der Waals surface area contributed by atoms with Crippen molar-refractivity contribution in [1.82, 2.24) is 20.4 Å². The molecule has 1 aromatic carbocycles. The first-order valence-corrected chi connectivity index (χ1v) is 7.70. The van der Waals surface area contributed by atoms with Gasteiger partial charge in [0.25, 0.3) is 5.91 Å². The van der Waals surface area contributed by atoms with E-state index in [1.807, 2.05) is 36.4 Å². The number of aryl methyl sites for hydroxylation is 2. The summed E-state index contributed by atoms with van der Waals surface area (Å²) in [5.74, 6) is -0.213. The minimum Gasteiger partial charge on any atom is -0.360 e. The topological polar surface area (TPSA) is 61.8 Å². The number of nitrogens with zero attached hydrogens (tertiary/aromatic N) is 1. The molecule has 0 aliphatic carbocycles. The van der Waals surface area contributed by atoms with Crippen LogP contribution < -0.4 is 10.9 Å². The summed E-state index contributed by atoms with van der Waals surface area (Å²) in [6.07, 6.45) is 1.80. The van der Waals surface area contributed by atoms with E-state index in [4.69, 9.17) is 0 Å². The number of aromatic amines is 1. The van der Waals surface area contributed by atoms with Crippen molar-refractivity contribution in [2.45, 2.75) is 13.8 Å². The van der Waals surface area contributed by atoms with Crippen molar-refractivity contribution in [3.63, 3.8) is 0 Å². The van der Waals surface area contributed by atoms with Crippen LogP contribution in [0.15, 0.2) is 61.3 Å². The Morgan fingerprint density at radius 1 is 1.00 bits per heavy atom. The third-order valence-corrected chi connectivity index (χ3v) is 3.91. The van der Waals surface area contributed by atoms with Gasteiger partial charge in [-0.2, -0.15) is 0 Å². The van der Waals surface area contributed by atoms with Gasteiger partial charge in [-0.3, -0.25) is 15.6 Å². The molecule has 0 aliphatic rings. The summed E-state index contributed by atoms with van der Waals surface area (Å²) in [6.45, 7) is 7.99. The lowest BCUT2D eigenvalue weighted by Gasteiger charge is -2.12. The minimum absolute atomic E-state index is 0.213. The third-order valence-electron chi connectivity index (χ3n) is 3.91. The fourth-order valence-corrected chi connectivity index (χ4v) is 2.63. The molecule has 122 valence electrons. The van der Waals surface area contributed by atoms with E-state index in [-0.39, 0.29) is 5.91 Å². The smallest absolute Gasteiger partial charge is 0.269 e. The molecule has 0 radical (unpaired) electrons. The summed E-state index contributed by atoms with van der Waals surface area (Å²) in [5.41, 5.74) is 10.8. The number of carbonyl (C=O) groups excluding carboxylic acids is 1. The van der Waals surface area contributed by atoms with E-state index in [0.717, 1.165) is 22.8 Å². The highest BCUT2D eigenvalue weighted by atomic mass is 16.2. The molecule has 1 amide bonds. The van der Waals surface area contributed by atoms with Crippen molar-refractivity contribution in [3.8, 4) is 5.69 Å². The van der Waals surface area contributed by atoms with E-state index < -0.39 is 0 Å². The molecule has 3 N–H and O–H groups in total. The number of benzene rings is 1. The molecule has 0 fully saturated rings. The maximum absolute atomic E-state index is 12.2. The Kier molecular flexibility index (Phi) is 4.24. The highest BCUT2D eigenvalue weighted by Gasteiger charge is 2.08. The average Bonchev–Trinajstić information content (AvgIpc) is 3.23. The fraction of sp³-hybridized carbons (Fsp3) is 0.105. The zero-order valence-corrected chi connectivity index (χ0v) is 13.8. The molecule has 0 atom stereocenters. The predicted octanol–water partition coefficient (Wildman–Crippen LogP) is 3.33. The van der Waals surface area contributed by atoms with E-state index >= 15 is 0 Å². The van der Waals surface area contributed by atoms with Crippen molar-refractivity contribution in [1.29, 1.82) is 0 Å². The molecule has 0 bridgehead atoms. The lowest BCUT2D eigenvalue weighted by atomic mass is 10.2. The van der Waals surface area contributed by atoms with Crippen LogP contribution in [0.25, 0.3) is 11.4 Å². The van der Waals surface area contributed by atoms with E-state index in [1.165, 1.54) is 0 Å². The Morgan fingerprint density at radius 3 is 2.25 bits per heavy atom. The van der Waals surface area contributed by atoms with E-state index in [0.29, 0.717) is 11.3 Å². The Hall–Kier alpha value is -3.21. The van der Waals surface area contributed by atoms with Gasteiger partial charge in [0.2, 0.25) is 0 Å². The van der Waals surface area contributed by atoms with Crippen LogP contribution in [0, 0.1) is 13.8 Å². The van der Waals surface area contributed by atoms with Gasteiger partial charge in [0.05, 0.1) is 11.4 Å². The molecule has 5 heteroatoms. The number of hydrazine groups is 1. The first kappa shape index (κ1) is 15.7. The molecule has 0 aliphatic heterocycles. The van der Waals surface area contributed by atoms with Crippen molar-refractivity contribution in [2.24, 2.45) is 0 Å². The Balaban J connectivity index is 1.67. The maximum Gasteiger partial charge on any atom is 0.269 e. The van der Waals surface area contributed by atoms with Crippen LogP contribution in [-0.4, -0.2) is 15.5 Å². The summed E-state index contributed by atoms with van der Waals surface area (Å²) in [5, 5.41) is 0. The zero-order chi connectivity index (χ0) is 17.1. The van der Waals surface area contributed by atoms with Gasteiger partial charge in [-0.05, 0) is 62.4 Å². The molecule has 0 saturated heterocycles. The monoisotopic (exact) mass is 320 g/mol. The number of rotatable bonds is 5. The summed E-state index contributed by atoms with van der Waals surface area (Å²) in [4.78, 5) is 15.2. The largest absolute Gasteiger partial charge is 0.360 e. The summed E-state index contributed by atoms with van der Waals surface area (Å²) in [6, 6.07) is 15.4. The second-order valence-corrected chi connectivity index (χ2v) is 5.64. The molecule has 0 saturated carbocycles. The van der Waals surface area contributed by atoms with Gasteiger partial charge in [0.15, 0.2) is 0 Å². The first-order valence-electron chi connectivity index (χ1n) is 7.70. The van der Waals surface area contributed by atoms with Gasteiger partial charge >= 0.3 is 0 Å². The molecule has 5 nitrogen and oxygen atoms in total. The van der Waals surface area contributed by atoms with Crippen molar-refractivity contribution in [3.05, 3.63) is 84.0 Å². The first-order chi connectivity index (χ1) is 11.6. The minimum atomic E-state index is -0.213. The molecule has 0 unspecified atom stereocenters. The lowest BCUT2D eigenvalue weighted by molar-refractivity contribution is 0.0942. The maximum atomic E-state index is 12.2. The van der Waals surface area contributed by atoms with Crippen LogP contribution in [0.4, 0.5) is 0 Å². The quantitative estimate of drug-likeness (QED) is 0.632. The molecule has 3 aromatic rings. The molecular formula is C19H20N4O. The molecule has 0 spiro atoms. The lowest BCUT2D eigenvalue weighted by Crippen LogP contribution is -2.35. The molecule has 2 aromatic heterocycles. The molecule has 24 heavy (non-hydrogen) atoms. The van der Waals surface area contributed by atoms with E-state index in [2.05, 4.69) is 53.0 Å². The molecule has 3 rings (SSSR count). The number of hydrogen-bond donors (Lipinski definition) is 3. The highest BCUT2D eigenvalue weighted by Crippen LogP contribution is 2.16. The Morgan fingerprint density at radius 2 is 1.67 bits per heavy atom. The van der Waals surface area contributed by atoms with Crippen molar-refractivity contribution in [2.75, 3.05) is 0 Å². The van der Waals surface area contributed by atoms with Gasteiger partial charge in [-0.1, -0.05) is 6.58 Å². The van der Waals surface area contributed by atoms with Crippen molar-refractivity contribution < 1.29 is 4.79 Å². The van der Waals surface area contributed by atoms with Gasteiger partial charge in [0, 0.05) is 28.8 Å². The number of H-pyrrole nitrogens is 1. The average molecular weight is 320 g/mol. The van der Waals surface area contributed by atoms with Gasteiger partial charge in [-0.15, -0.1) is 0 Å². The number of aromatic nitrogens is 2. The molecule has 2 heterocycles. The second-order valence-electron chi connectivity index (χ2n) is 5.64. The van der Waals surface area contributed by atoms with E-state index in [1.54, 1.807) is 6.20 Å². The number of carbonyl (C=O) groups is 1. The fourth-order valence-electron chi connectivity index (χ4n) is 2.63. The van der Waals surface area contributed by atoms with Gasteiger partial charge < -0.3 is 9.55 Å². The predicted molar refractivity (Wildman–Crippen MR) is 95.7 cm³/mol. The zero-order valence-electron chi connectivity index (χ0n) is 13.8. The molecular weight excluding hydrogens is 300 g/mol. The van der Waals surface area contributed by atoms with Crippen LogP contribution in [0.1, 0.15) is 27.4 Å². The summed E-state index contributed by atoms with van der Waals surface area (Å²) < 4.78 is 2.15. The third kappa shape index (κ3) is 3.10. The SMILES string of the molecule is C=C(NNC(=O)c1ccc(-n2c(C)ccc2C)cc1)c1ccc[nH]1. The Labute approximate surface area is 141 Å². The standard InChI is InChI=1S/C19H20N4O/c1-13-6-7-14(2)23(13)17-10-8-16(9-11-17)19(24)22-21-15(3)18-5-4-12-20-18/h4-12,20-21H,3H2,1-2H3,(H,22,24). The van der Waals surface area contributed by atoms with Crippen LogP contribution in [0.5, 0.6) is 0 Å². The van der Waals surface area contributed by atoms with Gasteiger partial charge in [-0.25, -0.2) is 0 Å². The summed E-state index contributed by atoms with van der Waals surface area (Å²) >= 11 is 0. The number of amides is 1. The van der Waals surface area contributed by atoms with E-state index in [9.17, 15) is 4.79 Å². The van der Waals surface area contributed by atoms with Crippen LogP contribution in [0.3, 0.4) is 0 Å². The van der Waals surface area contributed by atoms with Gasteiger partial charge in [0.1, 0.15) is 0 Å². The van der Waals surface area contributed by atoms with Crippen LogP contribution in [0.2, 0.25) is 0 Å². The van der Waals surface area contributed by atoms with Crippen molar-refractivity contribution >= 4 is 11.6 Å². The van der Waals surface area contributed by atoms with Crippen LogP contribution in [-0.2, 0) is 0 Å². The highest BCUT2D eigenvalue weighted by molar-refractivity contribution is 5.94. The number of hydrogen-bond acceptors (Lipinski definition) is 2. The normalized spacial score (nSPS) is 10.4.